The number of allylic oxidation sites excluding steroid dienone is 1. The number of aliphatic hydroxyl groups is 1. The smallest absolute Gasteiger partial charge is 0.344 e. The van der Waals surface area contributed by atoms with E-state index in [1.54, 1.807) is 18.2 Å². The van der Waals surface area contributed by atoms with Crippen LogP contribution in [0.4, 0.5) is 5.69 Å². The van der Waals surface area contributed by atoms with Gasteiger partial charge in [-0.3, -0.25) is 0 Å². The molecule has 2 rings (SSSR count). The van der Waals surface area contributed by atoms with Crippen molar-refractivity contribution in [2.45, 2.75) is 20.3 Å². The van der Waals surface area contributed by atoms with E-state index in [0.29, 0.717) is 23.3 Å². The summed E-state index contributed by atoms with van der Waals surface area (Å²) in [5, 5.41) is 10.8. The molecule has 2 aromatic rings. The molecular formula is C14H15NO3. The van der Waals surface area contributed by atoms with E-state index in [-0.39, 0.29) is 5.76 Å². The topological polar surface area (TPSA) is 76.5 Å². The highest BCUT2D eigenvalue weighted by Gasteiger charge is 2.09. The fraction of sp³-hybridized carbons (Fsp3) is 0.214. The number of rotatable bonds is 2. The van der Waals surface area contributed by atoms with Crippen molar-refractivity contribution < 1.29 is 9.52 Å². The third kappa shape index (κ3) is 2.09. The van der Waals surface area contributed by atoms with Crippen LogP contribution in [-0.4, -0.2) is 5.11 Å². The minimum absolute atomic E-state index is 0.177. The molecule has 0 saturated carbocycles. The number of fused-ring (bicyclic) bond motifs is 1. The number of aryl methyl sites for hydroxylation is 1. The molecule has 0 radical (unpaired) electrons. The number of aliphatic hydroxyl groups excluding tert-OH is 1. The van der Waals surface area contributed by atoms with Crippen LogP contribution in [0.2, 0.25) is 0 Å². The van der Waals surface area contributed by atoms with Crippen LogP contribution in [0.15, 0.2) is 33.2 Å². The zero-order chi connectivity index (χ0) is 13.3. The van der Waals surface area contributed by atoms with Gasteiger partial charge in [0.1, 0.15) is 5.76 Å². The lowest BCUT2D eigenvalue weighted by Crippen LogP contribution is -2.04. The maximum absolute atomic E-state index is 11.8. The van der Waals surface area contributed by atoms with Crippen molar-refractivity contribution in [1.82, 2.24) is 0 Å². The molecule has 0 amide bonds. The van der Waals surface area contributed by atoms with E-state index >= 15 is 0 Å². The molecule has 18 heavy (non-hydrogen) atoms. The second-order valence-electron chi connectivity index (χ2n) is 4.17. The molecule has 4 heteroatoms. The second kappa shape index (κ2) is 4.56. The predicted octanol–water partition coefficient (Wildman–Crippen LogP) is 2.99. The third-order valence-electron chi connectivity index (χ3n) is 2.90. The average Bonchev–Trinajstić information content (AvgIpc) is 2.35. The van der Waals surface area contributed by atoms with Crippen molar-refractivity contribution in [1.29, 1.82) is 0 Å². The van der Waals surface area contributed by atoms with Gasteiger partial charge in [0.2, 0.25) is 0 Å². The molecular weight excluding hydrogens is 230 g/mol. The van der Waals surface area contributed by atoms with Crippen LogP contribution in [0.3, 0.4) is 0 Å². The van der Waals surface area contributed by atoms with Crippen LogP contribution >= 0.6 is 0 Å². The van der Waals surface area contributed by atoms with Gasteiger partial charge in [-0.05, 0) is 24.4 Å². The monoisotopic (exact) mass is 245 g/mol. The molecule has 0 atom stereocenters. The zero-order valence-corrected chi connectivity index (χ0v) is 10.4. The SMILES string of the molecule is CC/C(O)=C\c1oc(=O)c2cc(N)ccc2c1C. The molecule has 0 fully saturated rings. The standard InChI is InChI=1S/C14H15NO3/c1-3-10(16)7-13-8(2)11-5-4-9(15)6-12(11)14(17)18-13/h4-7,16H,3,15H2,1-2H3/b10-7+. The van der Waals surface area contributed by atoms with Gasteiger partial charge in [0.25, 0.3) is 0 Å². The highest BCUT2D eigenvalue weighted by molar-refractivity contribution is 5.88. The largest absolute Gasteiger partial charge is 0.512 e. The molecule has 0 unspecified atom stereocenters. The molecule has 0 aliphatic carbocycles. The van der Waals surface area contributed by atoms with Crippen molar-refractivity contribution >= 4 is 22.5 Å². The first-order chi connectivity index (χ1) is 8.52. The van der Waals surface area contributed by atoms with Gasteiger partial charge in [-0.15, -0.1) is 0 Å². The summed E-state index contributed by atoms with van der Waals surface area (Å²) in [5.41, 5.74) is 6.54. The van der Waals surface area contributed by atoms with Crippen molar-refractivity contribution in [2.24, 2.45) is 0 Å². The van der Waals surface area contributed by atoms with Gasteiger partial charge in [0.05, 0.1) is 11.1 Å². The van der Waals surface area contributed by atoms with Crippen molar-refractivity contribution in [3.8, 4) is 0 Å². The minimum atomic E-state index is -0.446. The number of benzene rings is 1. The van der Waals surface area contributed by atoms with Gasteiger partial charge in [-0.25, -0.2) is 4.79 Å². The van der Waals surface area contributed by atoms with E-state index in [0.717, 1.165) is 10.9 Å². The summed E-state index contributed by atoms with van der Waals surface area (Å²) in [6.45, 7) is 3.66. The Kier molecular flexibility index (Phi) is 3.10. The first-order valence-corrected chi connectivity index (χ1v) is 5.75. The highest BCUT2D eigenvalue weighted by atomic mass is 16.4. The van der Waals surface area contributed by atoms with Crippen LogP contribution in [0, 0.1) is 6.92 Å². The quantitative estimate of drug-likeness (QED) is 0.630. The molecule has 1 aromatic heterocycles. The molecule has 0 aliphatic rings. The Bertz CT molecular complexity index is 683. The number of anilines is 1. The van der Waals surface area contributed by atoms with Gasteiger partial charge >= 0.3 is 5.63 Å². The van der Waals surface area contributed by atoms with Gasteiger partial charge in [-0.1, -0.05) is 13.0 Å². The van der Waals surface area contributed by atoms with Gasteiger partial charge < -0.3 is 15.3 Å². The fourth-order valence-corrected chi connectivity index (χ4v) is 1.81. The van der Waals surface area contributed by atoms with Crippen molar-refractivity contribution in [3.63, 3.8) is 0 Å². The van der Waals surface area contributed by atoms with E-state index in [1.807, 2.05) is 13.8 Å². The number of hydrogen-bond acceptors (Lipinski definition) is 4. The molecule has 0 aliphatic heterocycles. The third-order valence-corrected chi connectivity index (χ3v) is 2.90. The molecule has 1 aromatic carbocycles. The van der Waals surface area contributed by atoms with Crippen LogP contribution < -0.4 is 11.4 Å². The van der Waals surface area contributed by atoms with E-state index < -0.39 is 5.63 Å². The lowest BCUT2D eigenvalue weighted by molar-refractivity contribution is 0.397. The molecule has 3 N–H and O–H groups in total. The zero-order valence-electron chi connectivity index (χ0n) is 10.4. The molecule has 94 valence electrons. The summed E-state index contributed by atoms with van der Waals surface area (Å²) in [7, 11) is 0. The van der Waals surface area contributed by atoms with Crippen LogP contribution in [0.5, 0.6) is 0 Å². The molecule has 1 heterocycles. The Balaban J connectivity index is 2.77. The lowest BCUT2D eigenvalue weighted by atomic mass is 10.1. The van der Waals surface area contributed by atoms with E-state index in [9.17, 15) is 9.90 Å². The molecule has 4 nitrogen and oxygen atoms in total. The summed E-state index contributed by atoms with van der Waals surface area (Å²) in [5.74, 6) is 0.563. The predicted molar refractivity (Wildman–Crippen MR) is 72.5 cm³/mol. The van der Waals surface area contributed by atoms with E-state index in [4.69, 9.17) is 10.2 Å². The van der Waals surface area contributed by atoms with Crippen molar-refractivity contribution in [3.05, 3.63) is 45.7 Å². The summed E-state index contributed by atoms with van der Waals surface area (Å²) in [4.78, 5) is 11.8. The molecule has 0 saturated heterocycles. The summed E-state index contributed by atoms with van der Waals surface area (Å²) >= 11 is 0. The molecule has 0 spiro atoms. The van der Waals surface area contributed by atoms with Gasteiger partial charge in [0, 0.05) is 23.7 Å². The van der Waals surface area contributed by atoms with Crippen LogP contribution in [0.1, 0.15) is 24.7 Å². The average molecular weight is 245 g/mol. The Labute approximate surface area is 104 Å². The lowest BCUT2D eigenvalue weighted by Gasteiger charge is -2.05. The Morgan fingerprint density at radius 2 is 2.17 bits per heavy atom. The summed E-state index contributed by atoms with van der Waals surface area (Å²) < 4.78 is 5.20. The van der Waals surface area contributed by atoms with Crippen LogP contribution in [-0.2, 0) is 0 Å². The van der Waals surface area contributed by atoms with Gasteiger partial charge in [-0.2, -0.15) is 0 Å². The molecule has 0 bridgehead atoms. The maximum Gasteiger partial charge on any atom is 0.344 e. The van der Waals surface area contributed by atoms with E-state index in [1.165, 1.54) is 6.08 Å². The summed E-state index contributed by atoms with van der Waals surface area (Å²) in [6.07, 6.45) is 1.97. The number of nitrogen functional groups attached to an aromatic ring is 1. The van der Waals surface area contributed by atoms with Crippen LogP contribution in [0.25, 0.3) is 16.8 Å². The number of hydrogen-bond donors (Lipinski definition) is 2. The second-order valence-corrected chi connectivity index (χ2v) is 4.17. The fourth-order valence-electron chi connectivity index (χ4n) is 1.81. The maximum atomic E-state index is 11.8. The first-order valence-electron chi connectivity index (χ1n) is 5.75. The Morgan fingerprint density at radius 3 is 2.83 bits per heavy atom. The summed E-state index contributed by atoms with van der Waals surface area (Å²) in [6, 6.07) is 5.13. The normalized spacial score (nSPS) is 12.0. The highest BCUT2D eigenvalue weighted by Crippen LogP contribution is 2.22. The Morgan fingerprint density at radius 1 is 1.44 bits per heavy atom. The van der Waals surface area contributed by atoms with Crippen molar-refractivity contribution in [2.75, 3.05) is 5.73 Å². The number of nitrogens with two attached hydrogens (primary N) is 1. The minimum Gasteiger partial charge on any atom is -0.512 e. The first kappa shape index (κ1) is 12.2. The van der Waals surface area contributed by atoms with Gasteiger partial charge in [0.15, 0.2) is 0 Å². The van der Waals surface area contributed by atoms with E-state index in [2.05, 4.69) is 0 Å². The Hall–Kier alpha value is -2.23.